The molecule has 10 heteroatoms. The Morgan fingerprint density at radius 3 is 2.55 bits per heavy atom. The van der Waals surface area contributed by atoms with Crippen LogP contribution in [0.5, 0.6) is 0 Å². The summed E-state index contributed by atoms with van der Waals surface area (Å²) in [5.41, 5.74) is -0.333. The zero-order valence-electron chi connectivity index (χ0n) is 16.1. The van der Waals surface area contributed by atoms with Gasteiger partial charge in [0.1, 0.15) is 5.82 Å². The first-order chi connectivity index (χ1) is 14.7. The standard InChI is InChI=1S/C21H17F3N4O3/c22-21(23,24)11-1-2-12-14(9-11)17-16(13-3-6-25-19(29)15(12)13)26-18(27-17)10-4-7-28(8-5-10)20(30)31/h1-3,6,9-10H,4-5,7-8H2,(H,25,29)(H,26,27)(H,30,31). The van der Waals surface area contributed by atoms with Gasteiger partial charge in [-0.05, 0) is 36.4 Å². The lowest BCUT2D eigenvalue weighted by molar-refractivity contribution is -0.137. The largest absolute Gasteiger partial charge is 0.465 e. The molecule has 3 heterocycles. The summed E-state index contributed by atoms with van der Waals surface area (Å²) in [5, 5.41) is 10.7. The molecule has 0 saturated carbocycles. The molecule has 5 rings (SSSR count). The van der Waals surface area contributed by atoms with E-state index in [1.165, 1.54) is 17.2 Å². The number of likely N-dealkylation sites (tertiary alicyclic amines) is 1. The molecule has 0 spiro atoms. The third kappa shape index (κ3) is 3.09. The number of carbonyl (C=O) groups is 1. The summed E-state index contributed by atoms with van der Waals surface area (Å²) in [6.45, 7) is 0.715. The molecule has 7 nitrogen and oxygen atoms in total. The molecule has 1 saturated heterocycles. The Hall–Kier alpha value is -3.56. The van der Waals surface area contributed by atoms with Crippen LogP contribution in [0.25, 0.3) is 32.6 Å². The number of rotatable bonds is 1. The summed E-state index contributed by atoms with van der Waals surface area (Å²) in [6.07, 6.45) is -2.90. The predicted molar refractivity (Wildman–Crippen MR) is 108 cm³/mol. The van der Waals surface area contributed by atoms with Crippen molar-refractivity contribution in [2.45, 2.75) is 24.9 Å². The number of hydrogen-bond donors (Lipinski definition) is 3. The number of hydrogen-bond acceptors (Lipinski definition) is 3. The number of carboxylic acid groups (broad SMARTS) is 1. The van der Waals surface area contributed by atoms with Crippen LogP contribution in [-0.4, -0.2) is 44.1 Å². The van der Waals surface area contributed by atoms with Crippen molar-refractivity contribution in [3.63, 3.8) is 0 Å². The molecule has 160 valence electrons. The number of halogens is 3. The van der Waals surface area contributed by atoms with Crippen LogP contribution in [0.4, 0.5) is 18.0 Å². The van der Waals surface area contributed by atoms with Crippen LogP contribution < -0.4 is 5.56 Å². The maximum atomic E-state index is 13.4. The lowest BCUT2D eigenvalue weighted by atomic mass is 9.96. The van der Waals surface area contributed by atoms with Gasteiger partial charge in [0, 0.05) is 36.0 Å². The predicted octanol–water partition coefficient (Wildman–Crippen LogP) is 4.43. The van der Waals surface area contributed by atoms with Crippen molar-refractivity contribution in [2.24, 2.45) is 0 Å². The molecule has 0 bridgehead atoms. The van der Waals surface area contributed by atoms with Gasteiger partial charge in [-0.15, -0.1) is 0 Å². The fourth-order valence-corrected chi connectivity index (χ4v) is 4.41. The van der Waals surface area contributed by atoms with Crippen LogP contribution in [0.3, 0.4) is 0 Å². The average Bonchev–Trinajstić information content (AvgIpc) is 3.19. The molecule has 1 amide bonds. The highest BCUT2D eigenvalue weighted by molar-refractivity contribution is 6.23. The highest BCUT2D eigenvalue weighted by Gasteiger charge is 2.31. The van der Waals surface area contributed by atoms with Gasteiger partial charge < -0.3 is 20.0 Å². The van der Waals surface area contributed by atoms with Gasteiger partial charge in [-0.2, -0.15) is 13.2 Å². The Bertz CT molecular complexity index is 1400. The number of aromatic amines is 2. The lowest BCUT2D eigenvalue weighted by Gasteiger charge is -2.28. The van der Waals surface area contributed by atoms with Crippen LogP contribution in [0.1, 0.15) is 30.1 Å². The van der Waals surface area contributed by atoms with E-state index in [0.29, 0.717) is 58.9 Å². The van der Waals surface area contributed by atoms with E-state index >= 15 is 0 Å². The molecule has 1 aliphatic heterocycles. The van der Waals surface area contributed by atoms with Gasteiger partial charge in [0.15, 0.2) is 0 Å². The molecule has 3 N–H and O–H groups in total. The van der Waals surface area contributed by atoms with E-state index in [1.54, 1.807) is 6.07 Å². The third-order valence-electron chi connectivity index (χ3n) is 5.98. The van der Waals surface area contributed by atoms with E-state index in [4.69, 9.17) is 5.11 Å². The van der Waals surface area contributed by atoms with Gasteiger partial charge in [0.2, 0.25) is 0 Å². The summed E-state index contributed by atoms with van der Waals surface area (Å²) in [6, 6.07) is 5.01. The molecule has 0 unspecified atom stereocenters. The van der Waals surface area contributed by atoms with Gasteiger partial charge in [-0.3, -0.25) is 4.79 Å². The van der Waals surface area contributed by atoms with Crippen LogP contribution >= 0.6 is 0 Å². The van der Waals surface area contributed by atoms with Crippen LogP contribution in [-0.2, 0) is 6.18 Å². The highest BCUT2D eigenvalue weighted by Crippen LogP contribution is 2.38. The van der Waals surface area contributed by atoms with Gasteiger partial charge in [0.25, 0.3) is 5.56 Å². The fourth-order valence-electron chi connectivity index (χ4n) is 4.41. The van der Waals surface area contributed by atoms with Crippen molar-refractivity contribution in [3.8, 4) is 0 Å². The Labute approximate surface area is 172 Å². The molecular weight excluding hydrogens is 413 g/mol. The Morgan fingerprint density at radius 2 is 1.87 bits per heavy atom. The number of fused-ring (bicyclic) bond motifs is 6. The third-order valence-corrected chi connectivity index (χ3v) is 5.98. The minimum Gasteiger partial charge on any atom is -0.465 e. The molecule has 2 aromatic carbocycles. The van der Waals surface area contributed by atoms with Crippen LogP contribution in [0.2, 0.25) is 0 Å². The van der Waals surface area contributed by atoms with Crippen LogP contribution in [0, 0.1) is 0 Å². The van der Waals surface area contributed by atoms with Crippen molar-refractivity contribution in [2.75, 3.05) is 13.1 Å². The first-order valence-corrected chi connectivity index (χ1v) is 9.76. The van der Waals surface area contributed by atoms with E-state index < -0.39 is 23.4 Å². The molecule has 1 aliphatic rings. The number of imidazole rings is 1. The zero-order valence-corrected chi connectivity index (χ0v) is 16.1. The number of alkyl halides is 3. The Kier molecular flexibility index (Phi) is 4.21. The normalized spacial score (nSPS) is 15.9. The SMILES string of the molecule is O=C(O)N1CCC(c2nc3c4cc(C(F)(F)F)ccc4c4c(=O)[nH]ccc4c3[nH]2)CC1. The quantitative estimate of drug-likeness (QED) is 0.389. The molecule has 4 aromatic rings. The molecule has 0 radical (unpaired) electrons. The van der Waals surface area contributed by atoms with E-state index in [9.17, 15) is 22.8 Å². The fraction of sp³-hybridized carbons (Fsp3) is 0.286. The number of piperidine rings is 1. The van der Waals surface area contributed by atoms with Crippen LogP contribution in [0.15, 0.2) is 35.3 Å². The first-order valence-electron chi connectivity index (χ1n) is 9.76. The van der Waals surface area contributed by atoms with Gasteiger partial charge in [0.05, 0.1) is 22.0 Å². The average molecular weight is 430 g/mol. The maximum Gasteiger partial charge on any atom is 0.416 e. The van der Waals surface area contributed by atoms with E-state index in [-0.39, 0.29) is 11.3 Å². The molecule has 0 aliphatic carbocycles. The maximum absolute atomic E-state index is 13.4. The van der Waals surface area contributed by atoms with Gasteiger partial charge in [-0.25, -0.2) is 9.78 Å². The Morgan fingerprint density at radius 1 is 1.13 bits per heavy atom. The Balaban J connectivity index is 1.75. The first kappa shape index (κ1) is 19.4. The van der Waals surface area contributed by atoms with Gasteiger partial charge >= 0.3 is 12.3 Å². The molecule has 0 atom stereocenters. The van der Waals surface area contributed by atoms with Crippen molar-refractivity contribution < 1.29 is 23.1 Å². The monoisotopic (exact) mass is 430 g/mol. The minimum absolute atomic E-state index is 0.0547. The second-order valence-electron chi connectivity index (χ2n) is 7.74. The van der Waals surface area contributed by atoms with Crippen molar-refractivity contribution >= 4 is 38.7 Å². The van der Waals surface area contributed by atoms with E-state index in [2.05, 4.69) is 15.0 Å². The van der Waals surface area contributed by atoms with Crippen molar-refractivity contribution in [1.82, 2.24) is 19.9 Å². The van der Waals surface area contributed by atoms with E-state index in [0.717, 1.165) is 12.1 Å². The summed E-state index contributed by atoms with van der Waals surface area (Å²) in [5.74, 6) is 0.535. The molecule has 1 fully saturated rings. The second kappa shape index (κ2) is 6.73. The van der Waals surface area contributed by atoms with Crippen molar-refractivity contribution in [3.05, 3.63) is 52.2 Å². The highest BCUT2D eigenvalue weighted by atomic mass is 19.4. The van der Waals surface area contributed by atoms with Crippen molar-refractivity contribution in [1.29, 1.82) is 0 Å². The smallest absolute Gasteiger partial charge is 0.416 e. The summed E-state index contributed by atoms with van der Waals surface area (Å²) in [7, 11) is 0. The summed E-state index contributed by atoms with van der Waals surface area (Å²) in [4.78, 5) is 35.5. The number of nitrogens with zero attached hydrogens (tertiary/aromatic N) is 2. The number of aromatic nitrogens is 3. The molecule has 31 heavy (non-hydrogen) atoms. The van der Waals surface area contributed by atoms with Gasteiger partial charge in [-0.1, -0.05) is 6.07 Å². The summed E-state index contributed by atoms with van der Waals surface area (Å²) >= 11 is 0. The molecule has 2 aromatic heterocycles. The number of amides is 1. The second-order valence-corrected chi connectivity index (χ2v) is 7.74. The summed E-state index contributed by atoms with van der Waals surface area (Å²) < 4.78 is 40.1. The van der Waals surface area contributed by atoms with E-state index in [1.807, 2.05) is 0 Å². The molecular formula is C21H17F3N4O3. The lowest BCUT2D eigenvalue weighted by Crippen LogP contribution is -2.37. The number of H-pyrrole nitrogens is 2. The number of nitrogens with one attached hydrogen (secondary N) is 2. The number of benzene rings is 2. The number of pyridine rings is 1. The topological polar surface area (TPSA) is 102 Å². The zero-order chi connectivity index (χ0) is 21.9. The minimum atomic E-state index is -4.53.